The van der Waals surface area contributed by atoms with Crippen LogP contribution in [0.1, 0.15) is 31.2 Å². The zero-order valence-electron chi connectivity index (χ0n) is 12.0. The number of nitrogens with two attached hydrogens (primary N) is 1. The summed E-state index contributed by atoms with van der Waals surface area (Å²) >= 11 is 3.47. The Morgan fingerprint density at radius 2 is 1.81 bits per heavy atom. The zero-order valence-corrected chi connectivity index (χ0v) is 13.6. The monoisotopic (exact) mass is 352 g/mol. The maximum Gasteiger partial charge on any atom is 0.240 e. The normalized spacial score (nSPS) is 22.6. The SMILES string of the molecule is NC1(C(=O)NCC2(c3ccc(Br)cc3)CCOCC2)CC1. The summed E-state index contributed by atoms with van der Waals surface area (Å²) in [5, 5.41) is 3.08. The number of halogens is 1. The van der Waals surface area contributed by atoms with Gasteiger partial charge in [-0.25, -0.2) is 0 Å². The molecule has 0 aromatic heterocycles. The van der Waals surface area contributed by atoms with Crippen LogP contribution >= 0.6 is 15.9 Å². The second-order valence-corrected chi connectivity index (χ2v) is 7.15. The molecule has 1 aromatic rings. The molecule has 5 heteroatoms. The number of amides is 1. The van der Waals surface area contributed by atoms with Crippen LogP contribution in [0.2, 0.25) is 0 Å². The number of hydrogen-bond acceptors (Lipinski definition) is 3. The van der Waals surface area contributed by atoms with Crippen LogP contribution in [0.4, 0.5) is 0 Å². The standard InChI is InChI=1S/C16H21BrN2O2/c17-13-3-1-12(2-4-13)15(7-9-21-10-8-15)11-19-14(20)16(18)5-6-16/h1-4H,5-11,18H2,(H,19,20). The molecule has 1 aliphatic heterocycles. The minimum Gasteiger partial charge on any atom is -0.381 e. The molecule has 0 radical (unpaired) electrons. The second kappa shape index (κ2) is 5.71. The van der Waals surface area contributed by atoms with E-state index < -0.39 is 5.54 Å². The lowest BCUT2D eigenvalue weighted by Gasteiger charge is -2.38. The van der Waals surface area contributed by atoms with Crippen molar-refractivity contribution < 1.29 is 9.53 Å². The Hall–Kier alpha value is -0.910. The quantitative estimate of drug-likeness (QED) is 0.871. The van der Waals surface area contributed by atoms with E-state index in [4.69, 9.17) is 10.5 Å². The summed E-state index contributed by atoms with van der Waals surface area (Å²) in [5.41, 5.74) is 6.58. The fraction of sp³-hybridized carbons (Fsp3) is 0.562. The molecule has 1 saturated carbocycles. The van der Waals surface area contributed by atoms with Crippen molar-refractivity contribution in [2.75, 3.05) is 19.8 Å². The van der Waals surface area contributed by atoms with Crippen molar-refractivity contribution in [3.8, 4) is 0 Å². The number of hydrogen-bond donors (Lipinski definition) is 2. The van der Waals surface area contributed by atoms with Crippen LogP contribution in [0, 0.1) is 0 Å². The molecule has 2 fully saturated rings. The zero-order chi connectivity index (χ0) is 14.9. The molecule has 1 aliphatic carbocycles. The van der Waals surface area contributed by atoms with Crippen molar-refractivity contribution >= 4 is 21.8 Å². The fourth-order valence-corrected chi connectivity index (χ4v) is 3.18. The third-order valence-corrected chi connectivity index (χ3v) is 5.26. The smallest absolute Gasteiger partial charge is 0.240 e. The van der Waals surface area contributed by atoms with Gasteiger partial charge in [0.15, 0.2) is 0 Å². The fourth-order valence-electron chi connectivity index (χ4n) is 2.92. The van der Waals surface area contributed by atoms with Crippen LogP contribution in [0.3, 0.4) is 0 Å². The predicted molar refractivity (Wildman–Crippen MR) is 85.0 cm³/mol. The van der Waals surface area contributed by atoms with Gasteiger partial charge < -0.3 is 15.8 Å². The van der Waals surface area contributed by atoms with Crippen LogP contribution in [0.5, 0.6) is 0 Å². The third kappa shape index (κ3) is 3.15. The van der Waals surface area contributed by atoms with Crippen molar-refractivity contribution in [3.63, 3.8) is 0 Å². The van der Waals surface area contributed by atoms with Gasteiger partial charge in [-0.05, 0) is 43.4 Å². The topological polar surface area (TPSA) is 64.4 Å². The molecule has 2 aliphatic rings. The molecule has 1 amide bonds. The Balaban J connectivity index is 1.76. The van der Waals surface area contributed by atoms with Gasteiger partial charge in [-0.15, -0.1) is 0 Å². The van der Waals surface area contributed by atoms with Gasteiger partial charge in [0.05, 0.1) is 5.54 Å². The number of ether oxygens (including phenoxy) is 1. The van der Waals surface area contributed by atoms with Crippen molar-refractivity contribution in [1.82, 2.24) is 5.32 Å². The van der Waals surface area contributed by atoms with E-state index in [1.165, 1.54) is 5.56 Å². The summed E-state index contributed by atoms with van der Waals surface area (Å²) in [5.74, 6) is -0.00882. The van der Waals surface area contributed by atoms with Gasteiger partial charge in [0.1, 0.15) is 0 Å². The molecule has 0 atom stereocenters. The highest BCUT2D eigenvalue weighted by Crippen LogP contribution is 2.36. The van der Waals surface area contributed by atoms with Crippen LogP contribution in [-0.2, 0) is 14.9 Å². The third-order valence-electron chi connectivity index (χ3n) is 4.73. The lowest BCUT2D eigenvalue weighted by atomic mass is 9.74. The number of carbonyl (C=O) groups is 1. The molecule has 3 N–H and O–H groups in total. The molecule has 1 aromatic carbocycles. The average Bonchev–Trinajstić information content (AvgIpc) is 3.25. The van der Waals surface area contributed by atoms with Gasteiger partial charge in [0.25, 0.3) is 0 Å². The molecule has 21 heavy (non-hydrogen) atoms. The molecule has 3 rings (SSSR count). The Morgan fingerprint density at radius 1 is 1.19 bits per heavy atom. The Morgan fingerprint density at radius 3 is 2.38 bits per heavy atom. The summed E-state index contributed by atoms with van der Waals surface area (Å²) in [4.78, 5) is 12.1. The molecular weight excluding hydrogens is 332 g/mol. The summed E-state index contributed by atoms with van der Waals surface area (Å²) < 4.78 is 6.58. The first-order valence-electron chi connectivity index (χ1n) is 7.45. The van der Waals surface area contributed by atoms with Crippen molar-refractivity contribution in [1.29, 1.82) is 0 Å². The lowest BCUT2D eigenvalue weighted by Crippen LogP contribution is -2.50. The summed E-state index contributed by atoms with van der Waals surface area (Å²) in [6.07, 6.45) is 3.44. The molecular formula is C16H21BrN2O2. The molecule has 1 saturated heterocycles. The minimum atomic E-state index is -0.605. The summed E-state index contributed by atoms with van der Waals surface area (Å²) in [6.45, 7) is 2.11. The van der Waals surface area contributed by atoms with E-state index in [-0.39, 0.29) is 11.3 Å². The number of rotatable bonds is 4. The van der Waals surface area contributed by atoms with E-state index in [0.717, 1.165) is 43.4 Å². The van der Waals surface area contributed by atoms with E-state index in [1.807, 2.05) is 0 Å². The number of benzene rings is 1. The molecule has 4 nitrogen and oxygen atoms in total. The maximum absolute atomic E-state index is 12.1. The van der Waals surface area contributed by atoms with Crippen LogP contribution in [0.15, 0.2) is 28.7 Å². The first kappa shape index (κ1) is 15.0. The highest BCUT2D eigenvalue weighted by molar-refractivity contribution is 9.10. The molecule has 114 valence electrons. The van der Waals surface area contributed by atoms with Crippen LogP contribution in [-0.4, -0.2) is 31.2 Å². The Labute approximate surface area is 133 Å². The summed E-state index contributed by atoms with van der Waals surface area (Å²) in [6, 6.07) is 8.38. The van der Waals surface area contributed by atoms with E-state index in [2.05, 4.69) is 45.5 Å². The van der Waals surface area contributed by atoms with Gasteiger partial charge in [0.2, 0.25) is 5.91 Å². The minimum absolute atomic E-state index is 0.00882. The van der Waals surface area contributed by atoms with E-state index in [1.54, 1.807) is 0 Å². The molecule has 0 spiro atoms. The maximum atomic E-state index is 12.1. The molecule has 1 heterocycles. The van der Waals surface area contributed by atoms with Gasteiger partial charge in [-0.3, -0.25) is 4.79 Å². The molecule has 0 bridgehead atoms. The Bertz CT molecular complexity index is 520. The molecule has 0 unspecified atom stereocenters. The average molecular weight is 353 g/mol. The second-order valence-electron chi connectivity index (χ2n) is 6.24. The van der Waals surface area contributed by atoms with Crippen molar-refractivity contribution in [2.45, 2.75) is 36.6 Å². The van der Waals surface area contributed by atoms with E-state index in [0.29, 0.717) is 6.54 Å². The first-order chi connectivity index (χ1) is 10.0. The first-order valence-corrected chi connectivity index (χ1v) is 8.24. The van der Waals surface area contributed by atoms with Gasteiger partial charge in [-0.1, -0.05) is 28.1 Å². The highest BCUT2D eigenvalue weighted by atomic mass is 79.9. The lowest BCUT2D eigenvalue weighted by molar-refractivity contribution is -0.123. The van der Waals surface area contributed by atoms with E-state index >= 15 is 0 Å². The number of carbonyl (C=O) groups excluding carboxylic acids is 1. The van der Waals surface area contributed by atoms with E-state index in [9.17, 15) is 4.79 Å². The number of nitrogens with one attached hydrogen (secondary N) is 1. The van der Waals surface area contributed by atoms with Crippen LogP contribution in [0.25, 0.3) is 0 Å². The van der Waals surface area contributed by atoms with Gasteiger partial charge in [0, 0.05) is 29.6 Å². The highest BCUT2D eigenvalue weighted by Gasteiger charge is 2.46. The summed E-state index contributed by atoms with van der Waals surface area (Å²) in [7, 11) is 0. The van der Waals surface area contributed by atoms with Gasteiger partial charge in [-0.2, -0.15) is 0 Å². The Kier molecular flexibility index (Phi) is 4.08. The predicted octanol–water partition coefficient (Wildman–Crippen LogP) is 2.10. The van der Waals surface area contributed by atoms with Crippen molar-refractivity contribution in [3.05, 3.63) is 34.3 Å². The largest absolute Gasteiger partial charge is 0.381 e. The van der Waals surface area contributed by atoms with Gasteiger partial charge >= 0.3 is 0 Å². The van der Waals surface area contributed by atoms with Crippen LogP contribution < -0.4 is 11.1 Å². The van der Waals surface area contributed by atoms with Crippen molar-refractivity contribution in [2.24, 2.45) is 5.73 Å².